The number of carbonyl (C=O) groups is 1. The summed E-state index contributed by atoms with van der Waals surface area (Å²) in [4.78, 5) is 15.5. The third kappa shape index (κ3) is 4.39. The van der Waals surface area contributed by atoms with Gasteiger partial charge in [0.25, 0.3) is 0 Å². The highest BCUT2D eigenvalue weighted by Gasteiger charge is 2.12. The van der Waals surface area contributed by atoms with Gasteiger partial charge in [0.05, 0.1) is 6.42 Å². The van der Waals surface area contributed by atoms with Gasteiger partial charge in [-0.2, -0.15) is 8.78 Å². The fourth-order valence-corrected chi connectivity index (χ4v) is 2.97. The second kappa shape index (κ2) is 7.99. The van der Waals surface area contributed by atoms with Gasteiger partial charge in [0.2, 0.25) is 5.91 Å². The van der Waals surface area contributed by atoms with E-state index in [1.807, 2.05) is 31.2 Å². The van der Waals surface area contributed by atoms with Gasteiger partial charge in [-0.3, -0.25) is 4.79 Å². The molecule has 6 heteroatoms. The monoisotopic (exact) mass is 358 g/mol. The van der Waals surface area contributed by atoms with Crippen LogP contribution >= 0.6 is 0 Å². The summed E-state index contributed by atoms with van der Waals surface area (Å²) in [5, 5.41) is 3.97. The van der Waals surface area contributed by atoms with Gasteiger partial charge in [-0.15, -0.1) is 0 Å². The molecule has 0 atom stereocenters. The number of para-hydroxylation sites is 1. The Morgan fingerprint density at radius 2 is 1.88 bits per heavy atom. The SMILES string of the molecule is Cc1[nH]c2ccccc2c1CC(=O)NCCc1ccc(OC(F)F)cc1. The van der Waals surface area contributed by atoms with E-state index >= 15 is 0 Å². The quantitative estimate of drug-likeness (QED) is 0.671. The van der Waals surface area contributed by atoms with Gasteiger partial charge in [0.1, 0.15) is 5.75 Å². The maximum atomic E-state index is 12.2. The number of aryl methyl sites for hydroxylation is 1. The molecule has 2 N–H and O–H groups in total. The van der Waals surface area contributed by atoms with Crippen LogP contribution in [0.3, 0.4) is 0 Å². The minimum absolute atomic E-state index is 0.0458. The summed E-state index contributed by atoms with van der Waals surface area (Å²) in [5.41, 5.74) is 3.97. The summed E-state index contributed by atoms with van der Waals surface area (Å²) in [5.74, 6) is 0.0816. The number of hydrogen-bond acceptors (Lipinski definition) is 2. The van der Waals surface area contributed by atoms with Crippen LogP contribution in [0.4, 0.5) is 8.78 Å². The van der Waals surface area contributed by atoms with E-state index in [9.17, 15) is 13.6 Å². The Kier molecular flexibility index (Phi) is 5.51. The first kappa shape index (κ1) is 17.9. The van der Waals surface area contributed by atoms with Crippen LogP contribution in [-0.2, 0) is 17.6 Å². The lowest BCUT2D eigenvalue weighted by atomic mass is 10.1. The molecule has 0 aliphatic rings. The Bertz CT molecular complexity index is 888. The fourth-order valence-electron chi connectivity index (χ4n) is 2.97. The van der Waals surface area contributed by atoms with E-state index in [-0.39, 0.29) is 11.7 Å². The largest absolute Gasteiger partial charge is 0.435 e. The second-order valence-corrected chi connectivity index (χ2v) is 6.07. The number of alkyl halides is 2. The number of fused-ring (bicyclic) bond motifs is 1. The highest BCUT2D eigenvalue weighted by Crippen LogP contribution is 2.22. The zero-order chi connectivity index (χ0) is 18.5. The number of rotatable bonds is 7. The van der Waals surface area contributed by atoms with Crippen LogP contribution in [0.25, 0.3) is 10.9 Å². The van der Waals surface area contributed by atoms with Crippen molar-refractivity contribution in [2.45, 2.75) is 26.4 Å². The summed E-state index contributed by atoms with van der Waals surface area (Å²) in [7, 11) is 0. The van der Waals surface area contributed by atoms with E-state index in [0.717, 1.165) is 27.7 Å². The lowest BCUT2D eigenvalue weighted by molar-refractivity contribution is -0.120. The van der Waals surface area contributed by atoms with Crippen molar-refractivity contribution in [2.24, 2.45) is 0 Å². The summed E-state index contributed by atoms with van der Waals surface area (Å²) >= 11 is 0. The molecule has 0 radical (unpaired) electrons. The summed E-state index contributed by atoms with van der Waals surface area (Å²) in [6.07, 6.45) is 0.935. The van der Waals surface area contributed by atoms with Crippen molar-refractivity contribution in [3.8, 4) is 5.75 Å². The predicted octanol–water partition coefficient (Wildman–Crippen LogP) is 3.98. The molecule has 4 nitrogen and oxygen atoms in total. The molecular weight excluding hydrogens is 338 g/mol. The van der Waals surface area contributed by atoms with E-state index in [4.69, 9.17) is 0 Å². The molecular formula is C20H20F2N2O2. The third-order valence-electron chi connectivity index (χ3n) is 4.25. The maximum Gasteiger partial charge on any atom is 0.387 e. The Balaban J connectivity index is 1.52. The molecule has 1 heterocycles. The predicted molar refractivity (Wildman–Crippen MR) is 96.5 cm³/mol. The average molecular weight is 358 g/mol. The Morgan fingerprint density at radius 1 is 1.15 bits per heavy atom. The van der Waals surface area contributed by atoms with Crippen molar-refractivity contribution in [3.05, 3.63) is 65.4 Å². The first-order chi connectivity index (χ1) is 12.5. The molecule has 3 rings (SSSR count). The van der Waals surface area contributed by atoms with Gasteiger partial charge in [0.15, 0.2) is 0 Å². The number of aromatic nitrogens is 1. The number of benzene rings is 2. The third-order valence-corrected chi connectivity index (χ3v) is 4.25. The molecule has 26 heavy (non-hydrogen) atoms. The molecule has 0 fully saturated rings. The van der Waals surface area contributed by atoms with Crippen molar-refractivity contribution in [3.63, 3.8) is 0 Å². The Morgan fingerprint density at radius 3 is 2.62 bits per heavy atom. The topological polar surface area (TPSA) is 54.1 Å². The lowest BCUT2D eigenvalue weighted by Crippen LogP contribution is -2.27. The maximum absolute atomic E-state index is 12.2. The highest BCUT2D eigenvalue weighted by molar-refractivity contribution is 5.90. The molecule has 136 valence electrons. The summed E-state index contributed by atoms with van der Waals surface area (Å²) in [6, 6.07) is 14.3. The molecule has 0 saturated carbocycles. The highest BCUT2D eigenvalue weighted by atomic mass is 19.3. The standard InChI is InChI=1S/C20H20F2N2O2/c1-13-17(16-4-2-3-5-18(16)24-13)12-19(25)23-11-10-14-6-8-15(9-7-14)26-20(21)22/h2-9,20,24H,10-12H2,1H3,(H,23,25). The second-order valence-electron chi connectivity index (χ2n) is 6.07. The van der Waals surface area contributed by atoms with Crippen LogP contribution < -0.4 is 10.1 Å². The smallest absolute Gasteiger partial charge is 0.387 e. The normalized spacial score (nSPS) is 11.1. The van der Waals surface area contributed by atoms with Crippen molar-refractivity contribution >= 4 is 16.8 Å². The van der Waals surface area contributed by atoms with E-state index in [2.05, 4.69) is 15.0 Å². The number of hydrogen-bond donors (Lipinski definition) is 2. The van der Waals surface area contributed by atoms with Gasteiger partial charge >= 0.3 is 6.61 Å². The number of amides is 1. The molecule has 0 spiro atoms. The van der Waals surface area contributed by atoms with Crippen LogP contribution in [0.15, 0.2) is 48.5 Å². The minimum atomic E-state index is -2.83. The van der Waals surface area contributed by atoms with Crippen molar-refractivity contribution in [1.29, 1.82) is 0 Å². The van der Waals surface area contributed by atoms with Crippen molar-refractivity contribution in [2.75, 3.05) is 6.54 Å². The molecule has 3 aromatic rings. The molecule has 1 aromatic heterocycles. The van der Waals surface area contributed by atoms with Crippen molar-refractivity contribution < 1.29 is 18.3 Å². The molecule has 0 aliphatic carbocycles. The Hall–Kier alpha value is -2.89. The van der Waals surface area contributed by atoms with Crippen LogP contribution in [0.1, 0.15) is 16.8 Å². The van der Waals surface area contributed by atoms with Crippen LogP contribution in [-0.4, -0.2) is 24.0 Å². The number of H-pyrrole nitrogens is 1. The van der Waals surface area contributed by atoms with Crippen molar-refractivity contribution in [1.82, 2.24) is 10.3 Å². The molecule has 0 aliphatic heterocycles. The molecule has 2 aromatic carbocycles. The Labute approximate surface area is 150 Å². The van der Waals surface area contributed by atoms with Crippen LogP contribution in [0, 0.1) is 6.92 Å². The first-order valence-corrected chi connectivity index (χ1v) is 8.39. The number of ether oxygens (including phenoxy) is 1. The summed E-state index contributed by atoms with van der Waals surface area (Å²) < 4.78 is 28.6. The van der Waals surface area contributed by atoms with Crippen LogP contribution in [0.2, 0.25) is 0 Å². The van der Waals surface area contributed by atoms with Gasteiger partial charge in [-0.05, 0) is 42.7 Å². The molecule has 0 saturated heterocycles. The molecule has 1 amide bonds. The number of nitrogens with one attached hydrogen (secondary N) is 2. The van der Waals surface area contributed by atoms with E-state index in [1.165, 1.54) is 12.1 Å². The van der Waals surface area contributed by atoms with Crippen LogP contribution in [0.5, 0.6) is 5.75 Å². The van der Waals surface area contributed by atoms with Gasteiger partial charge < -0.3 is 15.0 Å². The molecule has 0 bridgehead atoms. The lowest BCUT2D eigenvalue weighted by Gasteiger charge is -2.07. The minimum Gasteiger partial charge on any atom is -0.435 e. The van der Waals surface area contributed by atoms with Gasteiger partial charge in [0, 0.05) is 23.1 Å². The zero-order valence-electron chi connectivity index (χ0n) is 14.4. The first-order valence-electron chi connectivity index (χ1n) is 8.39. The zero-order valence-corrected chi connectivity index (χ0v) is 14.4. The van der Waals surface area contributed by atoms with E-state index in [1.54, 1.807) is 12.1 Å². The summed E-state index contributed by atoms with van der Waals surface area (Å²) in [6.45, 7) is -0.380. The van der Waals surface area contributed by atoms with Gasteiger partial charge in [-0.1, -0.05) is 30.3 Å². The number of halogens is 2. The number of aromatic amines is 1. The molecule has 0 unspecified atom stereocenters. The fraction of sp³-hybridized carbons (Fsp3) is 0.250. The van der Waals surface area contributed by atoms with E-state index in [0.29, 0.717) is 19.4 Å². The van der Waals surface area contributed by atoms with Gasteiger partial charge in [-0.25, -0.2) is 0 Å². The average Bonchev–Trinajstić information content (AvgIpc) is 2.92. The van der Waals surface area contributed by atoms with E-state index < -0.39 is 6.61 Å². The number of carbonyl (C=O) groups excluding carboxylic acids is 1.